The van der Waals surface area contributed by atoms with Crippen molar-refractivity contribution in [2.45, 2.75) is 18.6 Å². The number of rotatable bonds is 4. The molecule has 176 valence electrons. The molecule has 0 bridgehead atoms. The van der Waals surface area contributed by atoms with E-state index in [1.807, 2.05) is 0 Å². The summed E-state index contributed by atoms with van der Waals surface area (Å²) in [6.07, 6.45) is 0.581. The monoisotopic (exact) mass is 466 g/mol. The Balaban J connectivity index is 1.52. The van der Waals surface area contributed by atoms with Crippen LogP contribution in [-0.2, 0) is 6.42 Å². The van der Waals surface area contributed by atoms with E-state index in [4.69, 9.17) is 18.9 Å². The minimum Gasteiger partial charge on any atom is -0.504 e. The van der Waals surface area contributed by atoms with Crippen LogP contribution in [-0.4, -0.2) is 45.4 Å². The standard InChI is InChI=1S/C25H22O9/c1-31-21-9-13(3-6-16(21)28)23-22(11-26)33-25-18(30)10-20-14(24(25)34-23)4-7-19(32-20)12-2-5-15(27)17(29)8-12/h2-3,5-10,22-23,26-30H,4,11H2,1H3/t22-,23-/m1/s1. The SMILES string of the molecule is COc1cc([C@H]2Oc3c4c(cc(O)c3O[C@@H]2CO)OC(c2ccc(O)c(O)c2)=CC4)ccc1O. The number of ether oxygens (including phenoxy) is 4. The predicted molar refractivity (Wildman–Crippen MR) is 120 cm³/mol. The number of phenols is 4. The summed E-state index contributed by atoms with van der Waals surface area (Å²) in [5, 5.41) is 49.9. The zero-order valence-corrected chi connectivity index (χ0v) is 18.1. The molecule has 9 heteroatoms. The van der Waals surface area contributed by atoms with Crippen molar-refractivity contribution in [3.05, 3.63) is 65.2 Å². The molecule has 3 aromatic rings. The van der Waals surface area contributed by atoms with Gasteiger partial charge in [-0.1, -0.05) is 6.07 Å². The second-order valence-corrected chi connectivity index (χ2v) is 7.92. The molecule has 2 heterocycles. The molecule has 9 nitrogen and oxygen atoms in total. The summed E-state index contributed by atoms with van der Waals surface area (Å²) in [5.74, 6) is 0.626. The number of fused-ring (bicyclic) bond motifs is 3. The summed E-state index contributed by atoms with van der Waals surface area (Å²) in [7, 11) is 1.43. The van der Waals surface area contributed by atoms with Crippen LogP contribution in [0.3, 0.4) is 0 Å². The maximum atomic E-state index is 10.6. The maximum absolute atomic E-state index is 10.6. The fraction of sp³-hybridized carbons (Fsp3) is 0.200. The van der Waals surface area contributed by atoms with Crippen molar-refractivity contribution in [2.24, 2.45) is 0 Å². The number of hydrogen-bond acceptors (Lipinski definition) is 9. The molecule has 34 heavy (non-hydrogen) atoms. The molecule has 0 aliphatic carbocycles. The number of aromatic hydroxyl groups is 4. The number of hydrogen-bond donors (Lipinski definition) is 5. The van der Waals surface area contributed by atoms with Crippen LogP contribution in [0.2, 0.25) is 0 Å². The van der Waals surface area contributed by atoms with E-state index in [1.54, 1.807) is 24.3 Å². The van der Waals surface area contributed by atoms with Crippen LogP contribution in [0.4, 0.5) is 0 Å². The molecule has 0 unspecified atom stereocenters. The minimum absolute atomic E-state index is 0.0368. The Labute approximate surface area is 194 Å². The Morgan fingerprint density at radius 3 is 2.41 bits per heavy atom. The lowest BCUT2D eigenvalue weighted by Crippen LogP contribution is -2.36. The number of benzene rings is 3. The smallest absolute Gasteiger partial charge is 0.204 e. The first-order valence-corrected chi connectivity index (χ1v) is 10.5. The predicted octanol–water partition coefficient (Wildman–Crippen LogP) is 3.37. The first kappa shape index (κ1) is 21.6. The van der Waals surface area contributed by atoms with E-state index in [0.29, 0.717) is 34.6 Å². The number of allylic oxidation sites excluding steroid dienone is 1. The fourth-order valence-corrected chi connectivity index (χ4v) is 4.08. The highest BCUT2D eigenvalue weighted by atomic mass is 16.6. The van der Waals surface area contributed by atoms with E-state index in [-0.39, 0.29) is 46.9 Å². The van der Waals surface area contributed by atoms with Gasteiger partial charge >= 0.3 is 0 Å². The molecule has 2 aliphatic rings. The van der Waals surface area contributed by atoms with E-state index in [9.17, 15) is 25.5 Å². The number of methoxy groups -OCH3 is 1. The molecular weight excluding hydrogens is 444 g/mol. The van der Waals surface area contributed by atoms with Gasteiger partial charge < -0.3 is 44.5 Å². The average molecular weight is 466 g/mol. The van der Waals surface area contributed by atoms with Crippen LogP contribution >= 0.6 is 0 Å². The Kier molecular flexibility index (Phi) is 5.25. The average Bonchev–Trinajstić information content (AvgIpc) is 2.85. The van der Waals surface area contributed by atoms with Crippen molar-refractivity contribution in [3.63, 3.8) is 0 Å². The summed E-state index contributed by atoms with van der Waals surface area (Å²) >= 11 is 0. The van der Waals surface area contributed by atoms with Crippen molar-refractivity contribution in [2.75, 3.05) is 13.7 Å². The lowest BCUT2D eigenvalue weighted by atomic mass is 9.99. The van der Waals surface area contributed by atoms with Crippen molar-refractivity contribution in [1.82, 2.24) is 0 Å². The maximum Gasteiger partial charge on any atom is 0.204 e. The van der Waals surface area contributed by atoms with Crippen molar-refractivity contribution >= 4 is 5.76 Å². The molecule has 5 N–H and O–H groups in total. The van der Waals surface area contributed by atoms with Gasteiger partial charge in [-0.15, -0.1) is 0 Å². The summed E-state index contributed by atoms with van der Waals surface area (Å²) < 4.78 is 23.3. The molecule has 0 radical (unpaired) electrons. The molecule has 2 aliphatic heterocycles. The largest absolute Gasteiger partial charge is 0.504 e. The van der Waals surface area contributed by atoms with Gasteiger partial charge in [-0.25, -0.2) is 0 Å². The Bertz CT molecular complexity index is 1300. The molecular formula is C25H22O9. The van der Waals surface area contributed by atoms with E-state index >= 15 is 0 Å². The molecule has 0 aromatic heterocycles. The number of aliphatic hydroxyl groups is 1. The van der Waals surface area contributed by atoms with Gasteiger partial charge in [0.2, 0.25) is 5.75 Å². The zero-order valence-electron chi connectivity index (χ0n) is 18.1. The van der Waals surface area contributed by atoms with Crippen LogP contribution in [0.1, 0.15) is 22.8 Å². The number of aliphatic hydroxyl groups excluding tert-OH is 1. The van der Waals surface area contributed by atoms with Gasteiger partial charge in [-0.2, -0.15) is 0 Å². The van der Waals surface area contributed by atoms with Crippen LogP contribution in [0.25, 0.3) is 5.76 Å². The van der Waals surface area contributed by atoms with Crippen molar-refractivity contribution < 1.29 is 44.5 Å². The van der Waals surface area contributed by atoms with Crippen LogP contribution in [0.5, 0.6) is 46.0 Å². The van der Waals surface area contributed by atoms with Gasteiger partial charge in [0.25, 0.3) is 0 Å². The first-order valence-electron chi connectivity index (χ1n) is 10.5. The molecule has 2 atom stereocenters. The third-order valence-electron chi connectivity index (χ3n) is 5.81. The quantitative estimate of drug-likeness (QED) is 0.366. The van der Waals surface area contributed by atoms with Gasteiger partial charge in [0.1, 0.15) is 11.5 Å². The number of phenolic OH excluding ortho intramolecular Hbond substituents is 4. The van der Waals surface area contributed by atoms with Crippen LogP contribution in [0.15, 0.2) is 48.5 Å². The fourth-order valence-electron chi connectivity index (χ4n) is 4.08. The van der Waals surface area contributed by atoms with Gasteiger partial charge in [0.05, 0.1) is 13.7 Å². The second kappa shape index (κ2) is 8.27. The summed E-state index contributed by atoms with van der Waals surface area (Å²) in [5.41, 5.74) is 1.78. The van der Waals surface area contributed by atoms with Gasteiger partial charge in [0, 0.05) is 29.2 Å². The van der Waals surface area contributed by atoms with Crippen molar-refractivity contribution in [1.29, 1.82) is 0 Å². The Hall–Kier alpha value is -4.24. The van der Waals surface area contributed by atoms with Gasteiger partial charge in [-0.05, 0) is 36.4 Å². The van der Waals surface area contributed by atoms with Crippen LogP contribution < -0.4 is 18.9 Å². The molecule has 0 fully saturated rings. The third-order valence-corrected chi connectivity index (χ3v) is 5.81. The summed E-state index contributed by atoms with van der Waals surface area (Å²) in [6.45, 7) is -0.380. The molecule has 0 amide bonds. The van der Waals surface area contributed by atoms with Crippen molar-refractivity contribution in [3.8, 4) is 46.0 Å². The molecule has 0 saturated heterocycles. The Morgan fingerprint density at radius 1 is 0.882 bits per heavy atom. The topological polar surface area (TPSA) is 138 Å². The molecule has 0 spiro atoms. The van der Waals surface area contributed by atoms with E-state index < -0.39 is 12.2 Å². The highest BCUT2D eigenvalue weighted by molar-refractivity contribution is 5.72. The molecule has 5 rings (SSSR count). The lowest BCUT2D eigenvalue weighted by molar-refractivity contribution is -0.0149. The van der Waals surface area contributed by atoms with Gasteiger partial charge in [0.15, 0.2) is 46.7 Å². The first-order chi connectivity index (χ1) is 16.4. The highest BCUT2D eigenvalue weighted by Crippen LogP contribution is 2.52. The zero-order chi connectivity index (χ0) is 24.0. The molecule has 0 saturated carbocycles. The third kappa shape index (κ3) is 3.56. The highest BCUT2D eigenvalue weighted by Gasteiger charge is 2.38. The van der Waals surface area contributed by atoms with E-state index in [1.165, 1.54) is 31.4 Å². The lowest BCUT2D eigenvalue weighted by Gasteiger charge is -2.35. The second-order valence-electron chi connectivity index (χ2n) is 7.92. The van der Waals surface area contributed by atoms with Crippen LogP contribution in [0, 0.1) is 0 Å². The molecule has 3 aromatic carbocycles. The van der Waals surface area contributed by atoms with E-state index in [2.05, 4.69) is 0 Å². The summed E-state index contributed by atoms with van der Waals surface area (Å²) in [4.78, 5) is 0. The minimum atomic E-state index is -0.818. The van der Waals surface area contributed by atoms with Gasteiger partial charge in [-0.3, -0.25) is 0 Å². The summed E-state index contributed by atoms with van der Waals surface area (Å²) in [6, 6.07) is 10.4. The normalized spacial score (nSPS) is 18.5. The van der Waals surface area contributed by atoms with E-state index in [0.717, 1.165) is 0 Å². The Morgan fingerprint density at radius 2 is 1.68 bits per heavy atom.